The van der Waals surface area contributed by atoms with Gasteiger partial charge in [0.05, 0.1) is 6.04 Å². The number of nitrogens with one attached hydrogen (secondary N) is 1. The standard InChI is InChI=1S/C17H19ClFN/c1-4-20-17(13-6-5-7-14(18)10-13)16-11(2)8-15(19)9-12(16)3/h5-10,17,20H,4H2,1-3H3. The van der Waals surface area contributed by atoms with Crippen LogP contribution in [0, 0.1) is 19.7 Å². The van der Waals surface area contributed by atoms with Crippen molar-refractivity contribution in [3.05, 3.63) is 69.5 Å². The van der Waals surface area contributed by atoms with Gasteiger partial charge in [-0.3, -0.25) is 0 Å². The average Bonchev–Trinajstić information content (AvgIpc) is 2.36. The first-order valence-corrected chi connectivity index (χ1v) is 7.16. The molecule has 0 aliphatic carbocycles. The van der Waals surface area contributed by atoms with Crippen molar-refractivity contribution < 1.29 is 4.39 Å². The quantitative estimate of drug-likeness (QED) is 0.853. The second-order valence-corrected chi connectivity index (χ2v) is 5.44. The summed E-state index contributed by atoms with van der Waals surface area (Å²) in [4.78, 5) is 0. The van der Waals surface area contributed by atoms with Gasteiger partial charge in [0.15, 0.2) is 0 Å². The van der Waals surface area contributed by atoms with Crippen LogP contribution >= 0.6 is 11.6 Å². The fourth-order valence-corrected chi connectivity index (χ4v) is 2.85. The van der Waals surface area contributed by atoms with Crippen LogP contribution in [0.4, 0.5) is 4.39 Å². The zero-order valence-corrected chi connectivity index (χ0v) is 12.8. The molecule has 0 aromatic heterocycles. The van der Waals surface area contributed by atoms with Crippen molar-refractivity contribution in [2.75, 3.05) is 6.54 Å². The highest BCUT2D eigenvalue weighted by Crippen LogP contribution is 2.29. The van der Waals surface area contributed by atoms with Gasteiger partial charge < -0.3 is 5.32 Å². The molecule has 1 atom stereocenters. The molecule has 20 heavy (non-hydrogen) atoms. The van der Waals surface area contributed by atoms with Crippen molar-refractivity contribution in [2.24, 2.45) is 0 Å². The van der Waals surface area contributed by atoms with E-state index >= 15 is 0 Å². The Morgan fingerprint density at radius 3 is 2.35 bits per heavy atom. The molecule has 0 aliphatic heterocycles. The lowest BCUT2D eigenvalue weighted by molar-refractivity contribution is 0.606. The van der Waals surface area contributed by atoms with Crippen molar-refractivity contribution in [2.45, 2.75) is 26.8 Å². The van der Waals surface area contributed by atoms with E-state index in [1.165, 1.54) is 0 Å². The number of halogens is 2. The molecule has 0 saturated heterocycles. The molecule has 0 heterocycles. The molecule has 1 nitrogen and oxygen atoms in total. The molecule has 0 spiro atoms. The number of hydrogen-bond acceptors (Lipinski definition) is 1. The smallest absolute Gasteiger partial charge is 0.123 e. The second-order valence-electron chi connectivity index (χ2n) is 5.00. The molecule has 2 aromatic carbocycles. The maximum atomic E-state index is 13.5. The van der Waals surface area contributed by atoms with Gasteiger partial charge in [-0.1, -0.05) is 30.7 Å². The third-order valence-electron chi connectivity index (χ3n) is 3.44. The average molecular weight is 292 g/mol. The van der Waals surface area contributed by atoms with Gasteiger partial charge in [-0.25, -0.2) is 4.39 Å². The van der Waals surface area contributed by atoms with Crippen LogP contribution in [0.25, 0.3) is 0 Å². The third kappa shape index (κ3) is 3.20. The SMILES string of the molecule is CCNC(c1cccc(Cl)c1)c1c(C)cc(F)cc1C. The van der Waals surface area contributed by atoms with Crippen molar-refractivity contribution in [3.8, 4) is 0 Å². The monoisotopic (exact) mass is 291 g/mol. The maximum absolute atomic E-state index is 13.5. The highest BCUT2D eigenvalue weighted by molar-refractivity contribution is 6.30. The molecule has 2 aromatic rings. The zero-order chi connectivity index (χ0) is 14.7. The van der Waals surface area contributed by atoms with Gasteiger partial charge in [-0.2, -0.15) is 0 Å². The van der Waals surface area contributed by atoms with Gasteiger partial charge in [0, 0.05) is 5.02 Å². The Balaban J connectivity index is 2.54. The number of aryl methyl sites for hydroxylation is 2. The summed E-state index contributed by atoms with van der Waals surface area (Å²) in [6.45, 7) is 6.78. The molecule has 3 heteroatoms. The molecule has 0 aliphatic rings. The van der Waals surface area contributed by atoms with Crippen LogP contribution in [0.2, 0.25) is 5.02 Å². The summed E-state index contributed by atoms with van der Waals surface area (Å²) in [7, 11) is 0. The van der Waals surface area contributed by atoms with Gasteiger partial charge >= 0.3 is 0 Å². The van der Waals surface area contributed by atoms with Gasteiger partial charge in [-0.15, -0.1) is 0 Å². The van der Waals surface area contributed by atoms with E-state index in [1.807, 2.05) is 38.1 Å². The van der Waals surface area contributed by atoms with E-state index in [0.717, 1.165) is 28.8 Å². The summed E-state index contributed by atoms with van der Waals surface area (Å²) in [5.41, 5.74) is 4.12. The van der Waals surface area contributed by atoms with E-state index in [4.69, 9.17) is 11.6 Å². The lowest BCUT2D eigenvalue weighted by Crippen LogP contribution is -2.23. The van der Waals surface area contributed by atoms with Gasteiger partial charge in [0.25, 0.3) is 0 Å². The van der Waals surface area contributed by atoms with Crippen molar-refractivity contribution in [1.82, 2.24) is 5.32 Å². The molecule has 0 amide bonds. The van der Waals surface area contributed by atoms with Crippen LogP contribution < -0.4 is 5.32 Å². The van der Waals surface area contributed by atoms with E-state index in [-0.39, 0.29) is 11.9 Å². The highest BCUT2D eigenvalue weighted by Gasteiger charge is 2.18. The fraction of sp³-hybridized carbons (Fsp3) is 0.294. The Morgan fingerprint density at radius 2 is 1.80 bits per heavy atom. The Hall–Kier alpha value is -1.38. The normalized spacial score (nSPS) is 12.4. The molecular formula is C17H19ClFN. The molecule has 0 bridgehead atoms. The molecular weight excluding hydrogens is 273 g/mol. The summed E-state index contributed by atoms with van der Waals surface area (Å²) in [6, 6.07) is 11.0. The Kier molecular flexibility index (Phi) is 4.79. The Bertz CT molecular complexity index is 587. The fourth-order valence-electron chi connectivity index (χ4n) is 2.65. The minimum Gasteiger partial charge on any atom is -0.307 e. The predicted molar refractivity (Wildman–Crippen MR) is 82.8 cm³/mol. The molecule has 0 saturated carbocycles. The molecule has 1 N–H and O–H groups in total. The second kappa shape index (κ2) is 6.38. The molecule has 0 radical (unpaired) electrons. The van der Waals surface area contributed by atoms with Gasteiger partial charge in [-0.05, 0) is 66.9 Å². The lowest BCUT2D eigenvalue weighted by atomic mass is 9.91. The number of benzene rings is 2. The summed E-state index contributed by atoms with van der Waals surface area (Å²) < 4.78 is 13.5. The Labute approximate surface area is 124 Å². The van der Waals surface area contributed by atoms with Gasteiger partial charge in [0.2, 0.25) is 0 Å². The topological polar surface area (TPSA) is 12.0 Å². The largest absolute Gasteiger partial charge is 0.307 e. The minimum atomic E-state index is -0.190. The maximum Gasteiger partial charge on any atom is 0.123 e. The minimum absolute atomic E-state index is 0.0271. The van der Waals surface area contributed by atoms with Crippen molar-refractivity contribution in [3.63, 3.8) is 0 Å². The third-order valence-corrected chi connectivity index (χ3v) is 3.67. The number of rotatable bonds is 4. The molecule has 2 rings (SSSR count). The number of hydrogen-bond donors (Lipinski definition) is 1. The van der Waals surface area contributed by atoms with Crippen molar-refractivity contribution >= 4 is 11.6 Å². The van der Waals surface area contributed by atoms with Crippen LogP contribution in [0.1, 0.15) is 35.2 Å². The van der Waals surface area contributed by atoms with Crippen LogP contribution in [-0.2, 0) is 0 Å². The first kappa shape index (κ1) is 15.0. The van der Waals surface area contributed by atoms with E-state index in [0.29, 0.717) is 5.02 Å². The lowest BCUT2D eigenvalue weighted by Gasteiger charge is -2.23. The van der Waals surface area contributed by atoms with Crippen LogP contribution in [0.15, 0.2) is 36.4 Å². The van der Waals surface area contributed by atoms with E-state index in [9.17, 15) is 4.39 Å². The zero-order valence-electron chi connectivity index (χ0n) is 12.0. The molecule has 0 fully saturated rings. The summed E-state index contributed by atoms with van der Waals surface area (Å²) >= 11 is 6.09. The Morgan fingerprint density at radius 1 is 1.15 bits per heavy atom. The van der Waals surface area contributed by atoms with Crippen LogP contribution in [0.5, 0.6) is 0 Å². The van der Waals surface area contributed by atoms with E-state index in [1.54, 1.807) is 12.1 Å². The molecule has 106 valence electrons. The first-order chi connectivity index (χ1) is 9.52. The van der Waals surface area contributed by atoms with E-state index < -0.39 is 0 Å². The summed E-state index contributed by atoms with van der Waals surface area (Å²) in [5.74, 6) is -0.190. The van der Waals surface area contributed by atoms with E-state index in [2.05, 4.69) is 12.2 Å². The predicted octanol–water partition coefficient (Wildman–Crippen LogP) is 4.79. The highest BCUT2D eigenvalue weighted by atomic mass is 35.5. The summed E-state index contributed by atoms with van der Waals surface area (Å²) in [5, 5.41) is 4.17. The molecule has 1 unspecified atom stereocenters. The van der Waals surface area contributed by atoms with Crippen molar-refractivity contribution in [1.29, 1.82) is 0 Å². The van der Waals surface area contributed by atoms with Crippen LogP contribution in [0.3, 0.4) is 0 Å². The summed E-state index contributed by atoms with van der Waals surface area (Å²) in [6.07, 6.45) is 0. The first-order valence-electron chi connectivity index (χ1n) is 6.78. The van der Waals surface area contributed by atoms with Crippen LogP contribution in [-0.4, -0.2) is 6.54 Å². The van der Waals surface area contributed by atoms with Gasteiger partial charge in [0.1, 0.15) is 5.82 Å².